The highest BCUT2D eigenvalue weighted by molar-refractivity contribution is 6.06. The first-order valence-corrected chi connectivity index (χ1v) is 8.46. The van der Waals surface area contributed by atoms with Crippen LogP contribution in [0.25, 0.3) is 6.08 Å². The smallest absolute Gasteiger partial charge is 0.185 e. The maximum atomic E-state index is 12.2. The molecule has 0 aliphatic carbocycles. The lowest BCUT2D eigenvalue weighted by atomic mass is 10.1. The van der Waals surface area contributed by atoms with Crippen molar-refractivity contribution in [3.8, 4) is 5.75 Å². The van der Waals surface area contributed by atoms with E-state index in [-0.39, 0.29) is 5.78 Å². The van der Waals surface area contributed by atoms with Crippen molar-refractivity contribution in [2.45, 2.75) is 13.8 Å². The van der Waals surface area contributed by atoms with Gasteiger partial charge in [0.2, 0.25) is 0 Å². The summed E-state index contributed by atoms with van der Waals surface area (Å²) < 4.78 is 5.91. The van der Waals surface area contributed by atoms with E-state index in [4.69, 9.17) is 4.74 Å². The maximum absolute atomic E-state index is 12.2. The summed E-state index contributed by atoms with van der Waals surface area (Å²) >= 11 is 0. The van der Waals surface area contributed by atoms with Crippen molar-refractivity contribution in [3.05, 3.63) is 71.8 Å². The van der Waals surface area contributed by atoms with E-state index in [2.05, 4.69) is 18.7 Å². The molecule has 2 aromatic rings. The molecule has 0 fully saturated rings. The molecule has 0 heterocycles. The fraction of sp³-hybridized carbons (Fsp3) is 0.286. The number of rotatable bonds is 9. The number of likely N-dealkylation sites (N-methyl/N-ethyl adjacent to an activating group) is 1. The van der Waals surface area contributed by atoms with Crippen molar-refractivity contribution < 1.29 is 9.53 Å². The summed E-state index contributed by atoms with van der Waals surface area (Å²) in [6, 6.07) is 17.1. The highest BCUT2D eigenvalue weighted by Gasteiger charge is 2.04. The molecule has 0 bridgehead atoms. The highest BCUT2D eigenvalue weighted by Crippen LogP contribution is 2.20. The molecule has 0 saturated carbocycles. The Morgan fingerprint density at radius 2 is 1.67 bits per heavy atom. The standard InChI is InChI=1S/C21H25NO2/c1-3-22(4-2)16-17-24-21-13-9-8-12-19(21)14-15-20(23)18-10-6-5-7-11-18/h5-15H,3-4,16-17H2,1-2H3. The first kappa shape index (κ1) is 18.0. The molecule has 0 unspecified atom stereocenters. The molecule has 0 saturated heterocycles. The van der Waals surface area contributed by atoms with Crippen LogP contribution in [0.5, 0.6) is 5.75 Å². The summed E-state index contributed by atoms with van der Waals surface area (Å²) in [6.07, 6.45) is 3.42. The van der Waals surface area contributed by atoms with Crippen molar-refractivity contribution in [1.29, 1.82) is 0 Å². The molecule has 3 nitrogen and oxygen atoms in total. The molecule has 126 valence electrons. The zero-order valence-electron chi connectivity index (χ0n) is 14.4. The molecule has 2 aromatic carbocycles. The first-order valence-electron chi connectivity index (χ1n) is 8.46. The van der Waals surface area contributed by atoms with Crippen LogP contribution in [0.3, 0.4) is 0 Å². The van der Waals surface area contributed by atoms with Crippen LogP contribution in [0.15, 0.2) is 60.7 Å². The molecule has 0 amide bonds. The topological polar surface area (TPSA) is 29.5 Å². The third-order valence-electron chi connectivity index (χ3n) is 3.95. The number of carbonyl (C=O) groups is 1. The van der Waals surface area contributed by atoms with Crippen LogP contribution in [-0.2, 0) is 0 Å². The van der Waals surface area contributed by atoms with Crippen LogP contribution in [0.1, 0.15) is 29.8 Å². The predicted octanol–water partition coefficient (Wildman–Crippen LogP) is 4.30. The Morgan fingerprint density at radius 1 is 1.00 bits per heavy atom. The van der Waals surface area contributed by atoms with Crippen molar-refractivity contribution >= 4 is 11.9 Å². The van der Waals surface area contributed by atoms with Crippen molar-refractivity contribution in [2.24, 2.45) is 0 Å². The van der Waals surface area contributed by atoms with Gasteiger partial charge in [-0.25, -0.2) is 0 Å². The molecule has 0 spiro atoms. The van der Waals surface area contributed by atoms with Gasteiger partial charge in [0.15, 0.2) is 5.78 Å². The Bertz CT molecular complexity index is 661. The SMILES string of the molecule is CCN(CC)CCOc1ccccc1C=CC(=O)c1ccccc1. The van der Waals surface area contributed by atoms with E-state index in [1.165, 1.54) is 0 Å². The molecule has 0 N–H and O–H groups in total. The first-order chi connectivity index (χ1) is 11.7. The van der Waals surface area contributed by atoms with Gasteiger partial charge in [-0.1, -0.05) is 62.4 Å². The Balaban J connectivity index is 2.00. The quantitative estimate of drug-likeness (QED) is 0.509. The van der Waals surface area contributed by atoms with Gasteiger partial charge in [0.25, 0.3) is 0 Å². The number of ether oxygens (including phenoxy) is 1. The minimum atomic E-state index is -0.00598. The normalized spacial score (nSPS) is 11.1. The molecule has 3 heteroatoms. The summed E-state index contributed by atoms with van der Waals surface area (Å²) in [5.74, 6) is 0.801. The van der Waals surface area contributed by atoms with Gasteiger partial charge in [-0.05, 0) is 31.3 Å². The number of nitrogens with zero attached hydrogens (tertiary/aromatic N) is 1. The third-order valence-corrected chi connectivity index (χ3v) is 3.95. The van der Waals surface area contributed by atoms with E-state index in [9.17, 15) is 4.79 Å². The average molecular weight is 323 g/mol. The monoisotopic (exact) mass is 323 g/mol. The molecule has 2 rings (SSSR count). The van der Waals surface area contributed by atoms with Gasteiger partial charge >= 0.3 is 0 Å². The van der Waals surface area contributed by atoms with E-state index in [1.54, 1.807) is 6.08 Å². The van der Waals surface area contributed by atoms with E-state index in [1.807, 2.05) is 60.7 Å². The molecule has 0 radical (unpaired) electrons. The van der Waals surface area contributed by atoms with Crippen LogP contribution in [0.2, 0.25) is 0 Å². The largest absolute Gasteiger partial charge is 0.492 e. The van der Waals surface area contributed by atoms with Gasteiger partial charge in [-0.3, -0.25) is 4.79 Å². The number of benzene rings is 2. The number of hydrogen-bond acceptors (Lipinski definition) is 3. The minimum absolute atomic E-state index is 0.00598. The molecular weight excluding hydrogens is 298 g/mol. The van der Waals surface area contributed by atoms with Crippen LogP contribution in [-0.4, -0.2) is 36.9 Å². The molecule has 0 aromatic heterocycles. The van der Waals surface area contributed by atoms with Gasteiger partial charge in [-0.15, -0.1) is 0 Å². The highest BCUT2D eigenvalue weighted by atomic mass is 16.5. The lowest BCUT2D eigenvalue weighted by Gasteiger charge is -2.18. The minimum Gasteiger partial charge on any atom is -0.492 e. The Labute approximate surface area is 144 Å². The van der Waals surface area contributed by atoms with E-state index in [0.717, 1.165) is 30.9 Å². The lowest BCUT2D eigenvalue weighted by Crippen LogP contribution is -2.27. The third kappa shape index (κ3) is 5.36. The maximum Gasteiger partial charge on any atom is 0.185 e. The van der Waals surface area contributed by atoms with E-state index in [0.29, 0.717) is 12.2 Å². The number of allylic oxidation sites excluding steroid dienone is 1. The fourth-order valence-electron chi connectivity index (χ4n) is 2.44. The number of carbonyl (C=O) groups excluding carboxylic acids is 1. The van der Waals surface area contributed by atoms with Crippen LogP contribution >= 0.6 is 0 Å². The Morgan fingerprint density at radius 3 is 2.38 bits per heavy atom. The molecule has 0 aliphatic rings. The molecular formula is C21H25NO2. The molecule has 0 atom stereocenters. The zero-order chi connectivity index (χ0) is 17.2. The predicted molar refractivity (Wildman–Crippen MR) is 99.5 cm³/mol. The molecule has 24 heavy (non-hydrogen) atoms. The number of hydrogen-bond donors (Lipinski definition) is 0. The van der Waals surface area contributed by atoms with Crippen molar-refractivity contribution in [1.82, 2.24) is 4.90 Å². The second kappa shape index (κ2) is 9.68. The zero-order valence-corrected chi connectivity index (χ0v) is 14.4. The van der Waals surface area contributed by atoms with Crippen LogP contribution in [0, 0.1) is 0 Å². The van der Waals surface area contributed by atoms with Crippen molar-refractivity contribution in [2.75, 3.05) is 26.2 Å². The molecule has 0 aliphatic heterocycles. The fourth-order valence-corrected chi connectivity index (χ4v) is 2.44. The van der Waals surface area contributed by atoms with E-state index >= 15 is 0 Å². The average Bonchev–Trinajstić information content (AvgIpc) is 2.65. The van der Waals surface area contributed by atoms with E-state index < -0.39 is 0 Å². The Kier molecular flexibility index (Phi) is 7.24. The summed E-state index contributed by atoms with van der Waals surface area (Å²) in [5, 5.41) is 0. The van der Waals surface area contributed by atoms with Gasteiger partial charge in [-0.2, -0.15) is 0 Å². The van der Waals surface area contributed by atoms with Crippen LogP contribution < -0.4 is 4.74 Å². The summed E-state index contributed by atoms with van der Waals surface area (Å²) in [7, 11) is 0. The lowest BCUT2D eigenvalue weighted by molar-refractivity contribution is 0.104. The van der Waals surface area contributed by atoms with Crippen LogP contribution in [0.4, 0.5) is 0 Å². The number of ketones is 1. The second-order valence-corrected chi connectivity index (χ2v) is 5.48. The second-order valence-electron chi connectivity index (χ2n) is 5.48. The van der Waals surface area contributed by atoms with Gasteiger partial charge < -0.3 is 9.64 Å². The summed E-state index contributed by atoms with van der Waals surface area (Å²) in [4.78, 5) is 14.5. The van der Waals surface area contributed by atoms with Gasteiger partial charge in [0.1, 0.15) is 12.4 Å². The Hall–Kier alpha value is -2.39. The summed E-state index contributed by atoms with van der Waals surface area (Å²) in [5.41, 5.74) is 1.61. The van der Waals surface area contributed by atoms with Gasteiger partial charge in [0.05, 0.1) is 0 Å². The van der Waals surface area contributed by atoms with Gasteiger partial charge in [0, 0.05) is 17.7 Å². The number of para-hydroxylation sites is 1. The summed E-state index contributed by atoms with van der Waals surface area (Å²) in [6.45, 7) is 7.87. The van der Waals surface area contributed by atoms with Crippen molar-refractivity contribution in [3.63, 3.8) is 0 Å².